The number of carbonyl (C=O) groups is 1. The molecule has 0 saturated carbocycles. The Morgan fingerprint density at radius 3 is 2.74 bits per heavy atom. The number of hydrogen-bond acceptors (Lipinski definition) is 6. The summed E-state index contributed by atoms with van der Waals surface area (Å²) >= 11 is 0. The number of rotatable bonds is 4. The summed E-state index contributed by atoms with van der Waals surface area (Å²) < 4.78 is 18.0. The number of likely N-dealkylation sites (N-methyl/N-ethyl adjacent to an activating group) is 1. The molecular formula is C16H15FN2O4. The highest BCUT2D eigenvalue weighted by atomic mass is 19.1. The predicted molar refractivity (Wildman–Crippen MR) is 78.3 cm³/mol. The summed E-state index contributed by atoms with van der Waals surface area (Å²) in [5, 5.41) is 19.4. The number of halogens is 1. The van der Waals surface area contributed by atoms with Crippen LogP contribution in [0.3, 0.4) is 0 Å². The molecule has 2 heterocycles. The first-order chi connectivity index (χ1) is 11.0. The van der Waals surface area contributed by atoms with Gasteiger partial charge >= 0.3 is 0 Å². The van der Waals surface area contributed by atoms with Gasteiger partial charge in [0.25, 0.3) is 5.89 Å². The fourth-order valence-electron chi connectivity index (χ4n) is 2.40. The summed E-state index contributed by atoms with van der Waals surface area (Å²) in [6.45, 7) is 0.113. The van der Waals surface area contributed by atoms with E-state index in [2.05, 4.69) is 4.98 Å². The topological polar surface area (TPSA) is 86.8 Å². The van der Waals surface area contributed by atoms with Crippen LogP contribution in [0.25, 0.3) is 0 Å². The van der Waals surface area contributed by atoms with Crippen molar-refractivity contribution in [1.29, 1.82) is 0 Å². The highest BCUT2D eigenvalue weighted by Crippen LogP contribution is 2.23. The molecule has 120 valence electrons. The SMILES string of the molecule is CN1CC(C(=O)c2nc(Cc3ccc(F)cc3)co2)=C(O)C1O. The lowest BCUT2D eigenvalue weighted by molar-refractivity contribution is 0.0449. The smallest absolute Gasteiger partial charge is 0.268 e. The number of aliphatic hydroxyl groups excluding tert-OH is 2. The van der Waals surface area contributed by atoms with Gasteiger partial charge in [-0.3, -0.25) is 9.69 Å². The fraction of sp³-hybridized carbons (Fsp3) is 0.250. The molecule has 0 saturated heterocycles. The Labute approximate surface area is 131 Å². The van der Waals surface area contributed by atoms with Gasteiger partial charge in [0.2, 0.25) is 5.78 Å². The van der Waals surface area contributed by atoms with Crippen LogP contribution in [0.1, 0.15) is 21.9 Å². The van der Waals surface area contributed by atoms with Crippen LogP contribution >= 0.6 is 0 Å². The third-order valence-corrected chi connectivity index (χ3v) is 3.70. The molecule has 7 heteroatoms. The van der Waals surface area contributed by atoms with Crippen LogP contribution in [0.2, 0.25) is 0 Å². The van der Waals surface area contributed by atoms with Crippen molar-refractivity contribution in [3.63, 3.8) is 0 Å². The molecule has 1 aromatic heterocycles. The highest BCUT2D eigenvalue weighted by molar-refractivity contribution is 6.06. The van der Waals surface area contributed by atoms with Gasteiger partial charge in [0.15, 0.2) is 6.23 Å². The maximum atomic E-state index is 12.9. The van der Waals surface area contributed by atoms with Crippen LogP contribution in [-0.4, -0.2) is 45.7 Å². The summed E-state index contributed by atoms with van der Waals surface area (Å²) in [4.78, 5) is 17.8. The molecule has 1 unspecified atom stereocenters. The molecule has 0 bridgehead atoms. The number of nitrogens with zero attached hydrogens (tertiary/aromatic N) is 2. The van der Waals surface area contributed by atoms with Gasteiger partial charge in [0.05, 0.1) is 11.3 Å². The summed E-state index contributed by atoms with van der Waals surface area (Å²) in [6.07, 6.45) is 0.552. The second kappa shape index (κ2) is 5.94. The Morgan fingerprint density at radius 1 is 1.43 bits per heavy atom. The van der Waals surface area contributed by atoms with Crippen LogP contribution < -0.4 is 0 Å². The van der Waals surface area contributed by atoms with Gasteiger partial charge in [-0.25, -0.2) is 9.37 Å². The van der Waals surface area contributed by atoms with Gasteiger partial charge in [0, 0.05) is 13.0 Å². The van der Waals surface area contributed by atoms with Crippen molar-refractivity contribution in [3.8, 4) is 0 Å². The summed E-state index contributed by atoms with van der Waals surface area (Å²) in [5.41, 5.74) is 1.42. The van der Waals surface area contributed by atoms with Crippen molar-refractivity contribution in [3.05, 3.63) is 64.8 Å². The van der Waals surface area contributed by atoms with Gasteiger partial charge < -0.3 is 14.6 Å². The lowest BCUT2D eigenvalue weighted by Crippen LogP contribution is -2.27. The first-order valence-electron chi connectivity index (χ1n) is 6.99. The van der Waals surface area contributed by atoms with Crippen molar-refractivity contribution >= 4 is 5.78 Å². The van der Waals surface area contributed by atoms with Crippen molar-refractivity contribution in [2.75, 3.05) is 13.6 Å². The minimum absolute atomic E-state index is 0.0650. The van der Waals surface area contributed by atoms with Crippen LogP contribution in [0.15, 0.2) is 46.3 Å². The lowest BCUT2D eigenvalue weighted by atomic mass is 10.1. The highest BCUT2D eigenvalue weighted by Gasteiger charge is 2.34. The molecule has 3 rings (SSSR count). The fourth-order valence-corrected chi connectivity index (χ4v) is 2.40. The third-order valence-electron chi connectivity index (χ3n) is 3.70. The van der Waals surface area contributed by atoms with Crippen molar-refractivity contribution < 1.29 is 23.8 Å². The first kappa shape index (κ1) is 15.4. The van der Waals surface area contributed by atoms with Crippen molar-refractivity contribution in [1.82, 2.24) is 9.88 Å². The van der Waals surface area contributed by atoms with Gasteiger partial charge in [-0.2, -0.15) is 0 Å². The molecule has 1 aromatic carbocycles. The number of carbonyl (C=O) groups excluding carboxylic acids is 1. The Bertz CT molecular complexity index is 767. The quantitative estimate of drug-likeness (QED) is 0.834. The molecule has 0 aliphatic carbocycles. The van der Waals surface area contributed by atoms with E-state index in [0.29, 0.717) is 12.1 Å². The molecule has 0 radical (unpaired) electrons. The van der Waals surface area contributed by atoms with E-state index in [0.717, 1.165) is 5.56 Å². The minimum Gasteiger partial charge on any atom is -0.508 e. The monoisotopic (exact) mass is 318 g/mol. The largest absolute Gasteiger partial charge is 0.508 e. The average Bonchev–Trinajstić information content (AvgIpc) is 3.10. The van der Waals surface area contributed by atoms with Crippen LogP contribution in [-0.2, 0) is 6.42 Å². The molecule has 0 fully saturated rings. The standard InChI is InChI=1S/C16H15FN2O4/c1-19-7-12(14(21)16(19)22)13(20)15-18-11(8-23-15)6-9-2-4-10(17)5-3-9/h2-5,8,16,21-22H,6-7H2,1H3. The van der Waals surface area contributed by atoms with Crippen molar-refractivity contribution in [2.24, 2.45) is 0 Å². The third kappa shape index (κ3) is 3.01. The molecule has 23 heavy (non-hydrogen) atoms. The van der Waals surface area contributed by atoms with E-state index in [4.69, 9.17) is 4.42 Å². The van der Waals surface area contributed by atoms with E-state index in [9.17, 15) is 19.4 Å². The summed E-state index contributed by atoms with van der Waals surface area (Å²) in [6, 6.07) is 5.95. The Morgan fingerprint density at radius 2 is 2.13 bits per heavy atom. The van der Waals surface area contributed by atoms with E-state index in [1.165, 1.54) is 23.3 Å². The number of benzene rings is 1. The Kier molecular flexibility index (Phi) is 3.97. The molecule has 2 N–H and O–H groups in total. The normalized spacial score (nSPS) is 18.7. The van der Waals surface area contributed by atoms with E-state index in [1.807, 2.05) is 0 Å². The van der Waals surface area contributed by atoms with E-state index < -0.39 is 12.0 Å². The molecule has 6 nitrogen and oxygen atoms in total. The maximum Gasteiger partial charge on any atom is 0.268 e. The molecular weight excluding hydrogens is 303 g/mol. The predicted octanol–water partition coefficient (Wildman–Crippen LogP) is 1.66. The van der Waals surface area contributed by atoms with Gasteiger partial charge in [0.1, 0.15) is 17.8 Å². The second-order valence-corrected chi connectivity index (χ2v) is 5.43. The number of Topliss-reactive ketones (excluding diaryl/α,β-unsaturated/α-hetero) is 1. The number of oxazole rings is 1. The molecule has 1 aliphatic heterocycles. The number of aromatic nitrogens is 1. The molecule has 1 atom stereocenters. The van der Waals surface area contributed by atoms with Crippen molar-refractivity contribution in [2.45, 2.75) is 12.6 Å². The zero-order chi connectivity index (χ0) is 16.6. The van der Waals surface area contributed by atoms with E-state index >= 15 is 0 Å². The number of hydrogen-bond donors (Lipinski definition) is 2. The van der Waals surface area contributed by atoms with Crippen LogP contribution in [0.4, 0.5) is 4.39 Å². The zero-order valence-corrected chi connectivity index (χ0v) is 12.4. The van der Waals surface area contributed by atoms with Crippen LogP contribution in [0.5, 0.6) is 0 Å². The minimum atomic E-state index is -1.19. The number of ketones is 1. The number of aliphatic hydroxyl groups is 2. The second-order valence-electron chi connectivity index (χ2n) is 5.43. The van der Waals surface area contributed by atoms with E-state index in [1.54, 1.807) is 19.2 Å². The first-order valence-corrected chi connectivity index (χ1v) is 6.99. The maximum absolute atomic E-state index is 12.9. The van der Waals surface area contributed by atoms with Gasteiger partial charge in [-0.15, -0.1) is 0 Å². The average molecular weight is 318 g/mol. The molecule has 0 spiro atoms. The molecule has 1 aliphatic rings. The zero-order valence-electron chi connectivity index (χ0n) is 12.4. The lowest BCUT2D eigenvalue weighted by Gasteiger charge is -2.12. The Hall–Kier alpha value is -2.51. The summed E-state index contributed by atoms with van der Waals surface area (Å²) in [7, 11) is 1.58. The molecule has 0 amide bonds. The summed E-state index contributed by atoms with van der Waals surface area (Å²) in [5.74, 6) is -1.41. The van der Waals surface area contributed by atoms with Gasteiger partial charge in [-0.1, -0.05) is 12.1 Å². The molecule has 2 aromatic rings. The van der Waals surface area contributed by atoms with Gasteiger partial charge in [-0.05, 0) is 24.7 Å². The Balaban J connectivity index is 1.77. The van der Waals surface area contributed by atoms with Crippen LogP contribution in [0, 0.1) is 5.82 Å². The van der Waals surface area contributed by atoms with E-state index in [-0.39, 0.29) is 29.6 Å².